The van der Waals surface area contributed by atoms with Crippen molar-refractivity contribution in [2.45, 2.75) is 50.0 Å². The molecule has 1 aromatic carbocycles. The first-order chi connectivity index (χ1) is 9.00. The van der Waals surface area contributed by atoms with Crippen LogP contribution in [0.2, 0.25) is 0 Å². The number of sulfonamides is 1. The summed E-state index contributed by atoms with van der Waals surface area (Å²) in [6.07, 6.45) is 6.25. The zero-order chi connectivity index (χ0) is 13.9. The summed E-state index contributed by atoms with van der Waals surface area (Å²) in [6, 6.07) is 7.20. The molecule has 1 aromatic rings. The predicted molar refractivity (Wildman–Crippen MR) is 77.5 cm³/mol. The van der Waals surface area contributed by atoms with E-state index in [9.17, 15) is 8.42 Å². The lowest BCUT2D eigenvalue weighted by molar-refractivity contribution is 0.317. The van der Waals surface area contributed by atoms with E-state index in [0.29, 0.717) is 12.0 Å². The molecule has 0 heterocycles. The van der Waals surface area contributed by atoms with E-state index < -0.39 is 10.0 Å². The van der Waals surface area contributed by atoms with Gasteiger partial charge in [-0.2, -0.15) is 0 Å². The summed E-state index contributed by atoms with van der Waals surface area (Å²) in [7, 11) is -3.60. The van der Waals surface area contributed by atoms with E-state index >= 15 is 0 Å². The fourth-order valence-corrected chi connectivity index (χ4v) is 3.36. The third kappa shape index (κ3) is 3.70. The normalized spacial score (nSPS) is 24.1. The number of nitrogens with one attached hydrogen (secondary N) is 1. The molecule has 2 unspecified atom stereocenters. The second kappa shape index (κ2) is 5.92. The molecule has 19 heavy (non-hydrogen) atoms. The van der Waals surface area contributed by atoms with E-state index in [0.717, 1.165) is 5.69 Å². The van der Waals surface area contributed by atoms with Gasteiger partial charge in [0.2, 0.25) is 10.0 Å². The Morgan fingerprint density at radius 3 is 2.42 bits per heavy atom. The summed E-state index contributed by atoms with van der Waals surface area (Å²) < 4.78 is 22.4. The lowest BCUT2D eigenvalue weighted by Gasteiger charge is -2.32. The van der Waals surface area contributed by atoms with Gasteiger partial charge in [0.15, 0.2) is 0 Å². The van der Waals surface area contributed by atoms with Crippen LogP contribution in [0.3, 0.4) is 0 Å². The van der Waals surface area contributed by atoms with Crippen LogP contribution in [0, 0.1) is 5.92 Å². The Balaban J connectivity index is 2.06. The van der Waals surface area contributed by atoms with E-state index in [-0.39, 0.29) is 4.90 Å². The van der Waals surface area contributed by atoms with Crippen molar-refractivity contribution in [1.82, 2.24) is 0 Å². The fourth-order valence-electron chi connectivity index (χ4n) is 2.84. The van der Waals surface area contributed by atoms with Crippen LogP contribution in [0.4, 0.5) is 5.69 Å². The molecule has 1 aliphatic rings. The van der Waals surface area contributed by atoms with Crippen molar-refractivity contribution < 1.29 is 8.42 Å². The molecule has 2 rings (SSSR count). The first-order valence-electron chi connectivity index (χ1n) is 6.90. The number of benzene rings is 1. The maximum Gasteiger partial charge on any atom is 0.238 e. The highest BCUT2D eigenvalue weighted by molar-refractivity contribution is 7.89. The number of hydrogen-bond acceptors (Lipinski definition) is 3. The minimum absolute atomic E-state index is 0.161. The minimum Gasteiger partial charge on any atom is -0.382 e. The van der Waals surface area contributed by atoms with Crippen molar-refractivity contribution in [3.63, 3.8) is 0 Å². The van der Waals surface area contributed by atoms with E-state index in [1.165, 1.54) is 32.1 Å². The molecule has 106 valence electrons. The van der Waals surface area contributed by atoms with Gasteiger partial charge >= 0.3 is 0 Å². The molecule has 0 saturated heterocycles. The minimum atomic E-state index is -3.60. The molecule has 5 heteroatoms. The van der Waals surface area contributed by atoms with Crippen molar-refractivity contribution >= 4 is 15.7 Å². The van der Waals surface area contributed by atoms with Gasteiger partial charge in [-0.15, -0.1) is 0 Å². The van der Waals surface area contributed by atoms with Crippen LogP contribution in [-0.4, -0.2) is 14.5 Å². The van der Waals surface area contributed by atoms with Crippen molar-refractivity contribution in [3.8, 4) is 0 Å². The summed E-state index contributed by atoms with van der Waals surface area (Å²) in [5, 5.41) is 8.61. The van der Waals surface area contributed by atoms with Gasteiger partial charge in [-0.1, -0.05) is 26.2 Å². The standard InChI is InChI=1S/C14H22N2O2S/c1-2-11-5-3-4-6-14(11)16-12-7-9-13(10-8-12)19(15,17)18/h7-11,14,16H,2-6H2,1H3,(H2,15,17,18). The zero-order valence-electron chi connectivity index (χ0n) is 11.3. The first kappa shape index (κ1) is 14.3. The van der Waals surface area contributed by atoms with Crippen LogP contribution in [-0.2, 0) is 10.0 Å². The number of primary sulfonamides is 1. The molecular weight excluding hydrogens is 260 g/mol. The molecule has 3 N–H and O–H groups in total. The van der Waals surface area contributed by atoms with Gasteiger partial charge in [0.05, 0.1) is 4.90 Å². The number of nitrogens with two attached hydrogens (primary N) is 1. The van der Waals surface area contributed by atoms with Gasteiger partial charge in [-0.05, 0) is 43.0 Å². The van der Waals surface area contributed by atoms with Crippen molar-refractivity contribution in [3.05, 3.63) is 24.3 Å². The van der Waals surface area contributed by atoms with E-state index in [1.807, 2.05) is 0 Å². The highest BCUT2D eigenvalue weighted by Gasteiger charge is 2.23. The molecular formula is C14H22N2O2S. The van der Waals surface area contributed by atoms with Crippen LogP contribution in [0.25, 0.3) is 0 Å². The summed E-state index contributed by atoms with van der Waals surface area (Å²) in [5.41, 5.74) is 0.970. The van der Waals surface area contributed by atoms with Gasteiger partial charge in [0.1, 0.15) is 0 Å². The summed E-state index contributed by atoms with van der Waals surface area (Å²) in [6.45, 7) is 2.23. The fraction of sp³-hybridized carbons (Fsp3) is 0.571. The number of rotatable bonds is 4. The van der Waals surface area contributed by atoms with Crippen molar-refractivity contribution in [2.24, 2.45) is 11.1 Å². The SMILES string of the molecule is CCC1CCCCC1Nc1ccc(S(N)(=O)=O)cc1. The summed E-state index contributed by atoms with van der Waals surface area (Å²) in [4.78, 5) is 0.161. The van der Waals surface area contributed by atoms with Crippen LogP contribution in [0.1, 0.15) is 39.0 Å². The molecule has 0 radical (unpaired) electrons. The molecule has 0 aliphatic heterocycles. The van der Waals surface area contributed by atoms with Crippen LogP contribution >= 0.6 is 0 Å². The Morgan fingerprint density at radius 1 is 1.21 bits per heavy atom. The van der Waals surface area contributed by atoms with E-state index in [4.69, 9.17) is 5.14 Å². The smallest absolute Gasteiger partial charge is 0.238 e. The number of hydrogen-bond donors (Lipinski definition) is 2. The molecule has 1 saturated carbocycles. The van der Waals surface area contributed by atoms with Crippen LogP contribution in [0.15, 0.2) is 29.2 Å². The third-order valence-electron chi connectivity index (χ3n) is 3.97. The molecule has 0 amide bonds. The topological polar surface area (TPSA) is 72.2 Å². The maximum atomic E-state index is 11.2. The second-order valence-electron chi connectivity index (χ2n) is 5.27. The van der Waals surface area contributed by atoms with Crippen molar-refractivity contribution in [2.75, 3.05) is 5.32 Å². The molecule has 0 aromatic heterocycles. The van der Waals surface area contributed by atoms with Gasteiger partial charge in [-0.25, -0.2) is 13.6 Å². The lowest BCUT2D eigenvalue weighted by atomic mass is 9.83. The third-order valence-corrected chi connectivity index (χ3v) is 4.90. The Kier molecular flexibility index (Phi) is 4.47. The van der Waals surface area contributed by atoms with Gasteiger partial charge < -0.3 is 5.32 Å². The highest BCUT2D eigenvalue weighted by atomic mass is 32.2. The summed E-state index contributed by atoms with van der Waals surface area (Å²) >= 11 is 0. The van der Waals surface area contributed by atoms with Crippen molar-refractivity contribution in [1.29, 1.82) is 0 Å². The zero-order valence-corrected chi connectivity index (χ0v) is 12.1. The van der Waals surface area contributed by atoms with Gasteiger partial charge in [0, 0.05) is 11.7 Å². The molecule has 1 fully saturated rings. The molecule has 2 atom stereocenters. The monoisotopic (exact) mass is 282 g/mol. The Morgan fingerprint density at radius 2 is 1.84 bits per heavy atom. The Bertz CT molecular complexity index is 511. The quantitative estimate of drug-likeness (QED) is 0.892. The Hall–Kier alpha value is -1.07. The molecule has 0 spiro atoms. The van der Waals surface area contributed by atoms with E-state index in [2.05, 4.69) is 12.2 Å². The highest BCUT2D eigenvalue weighted by Crippen LogP contribution is 2.29. The van der Waals surface area contributed by atoms with Crippen LogP contribution < -0.4 is 10.5 Å². The summed E-state index contributed by atoms with van der Waals surface area (Å²) in [5.74, 6) is 0.715. The molecule has 1 aliphatic carbocycles. The van der Waals surface area contributed by atoms with Gasteiger partial charge in [-0.3, -0.25) is 0 Å². The van der Waals surface area contributed by atoms with Crippen LogP contribution in [0.5, 0.6) is 0 Å². The average Bonchev–Trinajstić information content (AvgIpc) is 2.39. The first-order valence-corrected chi connectivity index (χ1v) is 8.44. The average molecular weight is 282 g/mol. The van der Waals surface area contributed by atoms with Gasteiger partial charge in [0.25, 0.3) is 0 Å². The molecule has 4 nitrogen and oxygen atoms in total. The largest absolute Gasteiger partial charge is 0.382 e. The Labute approximate surface area is 115 Å². The molecule has 0 bridgehead atoms. The predicted octanol–water partition coefficient (Wildman–Crippen LogP) is 2.71. The number of anilines is 1. The lowest BCUT2D eigenvalue weighted by Crippen LogP contribution is -2.31. The maximum absolute atomic E-state index is 11.2. The second-order valence-corrected chi connectivity index (χ2v) is 6.83. The van der Waals surface area contributed by atoms with E-state index in [1.54, 1.807) is 24.3 Å².